The van der Waals surface area contributed by atoms with Gasteiger partial charge in [-0.2, -0.15) is 11.8 Å². The van der Waals surface area contributed by atoms with Crippen molar-refractivity contribution in [2.75, 3.05) is 11.5 Å². The number of hydrogen-bond donors (Lipinski definition) is 1. The van der Waals surface area contributed by atoms with Crippen LogP contribution in [0.2, 0.25) is 0 Å². The van der Waals surface area contributed by atoms with Gasteiger partial charge in [-0.05, 0) is 18.2 Å². The third-order valence-corrected chi connectivity index (χ3v) is 5.05. The summed E-state index contributed by atoms with van der Waals surface area (Å²) in [6, 6.07) is 9.14. The summed E-state index contributed by atoms with van der Waals surface area (Å²) in [5.74, 6) is 1.49. The SMILES string of the molecule is N=C1O[C@@H]2CSC[C@H]2N1C(=O)c1cccc2ncccc12. The Labute approximate surface area is 125 Å². The highest BCUT2D eigenvalue weighted by molar-refractivity contribution is 7.99. The lowest BCUT2D eigenvalue weighted by Gasteiger charge is -2.20. The minimum absolute atomic E-state index is 0.0260. The lowest BCUT2D eigenvalue weighted by Crippen LogP contribution is -2.41. The Morgan fingerprint density at radius 3 is 3.14 bits per heavy atom. The first kappa shape index (κ1) is 12.6. The van der Waals surface area contributed by atoms with Crippen molar-refractivity contribution in [2.24, 2.45) is 0 Å². The summed E-state index contributed by atoms with van der Waals surface area (Å²) >= 11 is 1.76. The Bertz CT molecular complexity index is 743. The number of carbonyl (C=O) groups is 1. The largest absolute Gasteiger partial charge is 0.459 e. The third-order valence-electron chi connectivity index (χ3n) is 3.91. The molecule has 1 N–H and O–H groups in total. The van der Waals surface area contributed by atoms with Crippen molar-refractivity contribution in [3.05, 3.63) is 42.1 Å². The van der Waals surface area contributed by atoms with E-state index >= 15 is 0 Å². The predicted molar refractivity (Wildman–Crippen MR) is 81.6 cm³/mol. The summed E-state index contributed by atoms with van der Waals surface area (Å²) in [5, 5.41) is 8.76. The number of rotatable bonds is 1. The molecule has 106 valence electrons. The number of fused-ring (bicyclic) bond motifs is 2. The maximum Gasteiger partial charge on any atom is 0.292 e. The number of thioether (sulfide) groups is 1. The number of carbonyl (C=O) groups excluding carboxylic acids is 1. The zero-order valence-corrected chi connectivity index (χ0v) is 12.0. The lowest BCUT2D eigenvalue weighted by atomic mass is 10.1. The number of nitrogens with one attached hydrogen (secondary N) is 1. The molecule has 2 aromatic rings. The molecule has 3 heterocycles. The van der Waals surface area contributed by atoms with Crippen LogP contribution in [0, 0.1) is 5.41 Å². The van der Waals surface area contributed by atoms with Crippen molar-refractivity contribution in [3.63, 3.8) is 0 Å². The molecule has 0 unspecified atom stereocenters. The van der Waals surface area contributed by atoms with Gasteiger partial charge in [0.1, 0.15) is 6.10 Å². The van der Waals surface area contributed by atoms with E-state index in [1.54, 1.807) is 24.0 Å². The van der Waals surface area contributed by atoms with Crippen LogP contribution in [0.15, 0.2) is 36.5 Å². The number of aromatic nitrogens is 1. The fourth-order valence-corrected chi connectivity index (χ4v) is 4.15. The number of nitrogens with zero attached hydrogens (tertiary/aromatic N) is 2. The van der Waals surface area contributed by atoms with Crippen LogP contribution >= 0.6 is 11.8 Å². The van der Waals surface area contributed by atoms with Crippen LogP contribution in [-0.2, 0) is 4.74 Å². The number of pyridine rings is 1. The summed E-state index contributed by atoms with van der Waals surface area (Å²) < 4.78 is 5.50. The van der Waals surface area contributed by atoms with E-state index in [1.165, 1.54) is 4.90 Å². The molecule has 0 aliphatic carbocycles. The average molecular weight is 299 g/mol. The Morgan fingerprint density at radius 1 is 1.33 bits per heavy atom. The van der Waals surface area contributed by atoms with E-state index in [4.69, 9.17) is 10.1 Å². The molecule has 0 bridgehead atoms. The first-order valence-corrected chi connectivity index (χ1v) is 7.91. The number of hydrogen-bond acceptors (Lipinski definition) is 5. The van der Waals surface area contributed by atoms with E-state index < -0.39 is 0 Å². The Balaban J connectivity index is 1.78. The Morgan fingerprint density at radius 2 is 2.24 bits per heavy atom. The van der Waals surface area contributed by atoms with Gasteiger partial charge in [-0.1, -0.05) is 12.1 Å². The van der Waals surface area contributed by atoms with E-state index in [9.17, 15) is 4.79 Å². The van der Waals surface area contributed by atoms with Gasteiger partial charge in [-0.25, -0.2) is 0 Å². The minimum atomic E-state index is -0.173. The van der Waals surface area contributed by atoms with Crippen molar-refractivity contribution >= 4 is 34.6 Å². The van der Waals surface area contributed by atoms with Gasteiger partial charge in [0, 0.05) is 28.7 Å². The van der Waals surface area contributed by atoms with Crippen LogP contribution < -0.4 is 0 Å². The summed E-state index contributed by atoms with van der Waals surface area (Å²) in [6.45, 7) is 0. The summed E-state index contributed by atoms with van der Waals surface area (Å²) in [7, 11) is 0. The van der Waals surface area contributed by atoms with E-state index in [1.807, 2.05) is 24.3 Å². The molecule has 2 aliphatic heterocycles. The second-order valence-corrected chi connectivity index (χ2v) is 6.19. The van der Waals surface area contributed by atoms with Gasteiger partial charge in [0.05, 0.1) is 11.6 Å². The van der Waals surface area contributed by atoms with Crippen LogP contribution in [0.4, 0.5) is 0 Å². The second-order valence-electron chi connectivity index (χ2n) is 5.12. The van der Waals surface area contributed by atoms with Gasteiger partial charge in [0.25, 0.3) is 11.9 Å². The zero-order chi connectivity index (χ0) is 14.4. The number of amidine groups is 1. The maximum absolute atomic E-state index is 12.9. The molecule has 1 amide bonds. The molecule has 0 radical (unpaired) electrons. The fraction of sp³-hybridized carbons (Fsp3) is 0.267. The number of ether oxygens (including phenoxy) is 1. The molecule has 1 aromatic heterocycles. The van der Waals surface area contributed by atoms with Gasteiger partial charge in [-0.3, -0.25) is 20.1 Å². The Hall–Kier alpha value is -2.08. The number of benzene rings is 1. The lowest BCUT2D eigenvalue weighted by molar-refractivity contribution is 0.0825. The van der Waals surface area contributed by atoms with Crippen molar-refractivity contribution in [3.8, 4) is 0 Å². The molecule has 5 nitrogen and oxygen atoms in total. The molecule has 0 spiro atoms. The molecule has 21 heavy (non-hydrogen) atoms. The van der Waals surface area contributed by atoms with Crippen molar-refractivity contribution in [1.82, 2.24) is 9.88 Å². The van der Waals surface area contributed by atoms with Crippen LogP contribution in [0.5, 0.6) is 0 Å². The molecule has 6 heteroatoms. The normalized spacial score (nSPS) is 24.2. The average Bonchev–Trinajstić information content (AvgIpc) is 3.06. The molecular formula is C15H13N3O2S. The minimum Gasteiger partial charge on any atom is -0.459 e. The molecule has 2 fully saturated rings. The zero-order valence-electron chi connectivity index (χ0n) is 11.2. The van der Waals surface area contributed by atoms with Gasteiger partial charge in [0.15, 0.2) is 0 Å². The molecule has 0 saturated carbocycles. The topological polar surface area (TPSA) is 66.3 Å². The van der Waals surface area contributed by atoms with Crippen molar-refractivity contribution in [2.45, 2.75) is 12.1 Å². The predicted octanol–water partition coefficient (Wildman–Crippen LogP) is 2.13. The Kier molecular flexibility index (Phi) is 2.85. The van der Waals surface area contributed by atoms with E-state index in [2.05, 4.69) is 4.98 Å². The monoisotopic (exact) mass is 299 g/mol. The highest BCUT2D eigenvalue weighted by Gasteiger charge is 2.46. The molecular weight excluding hydrogens is 286 g/mol. The second kappa shape index (κ2) is 4.73. The first-order valence-electron chi connectivity index (χ1n) is 6.76. The smallest absolute Gasteiger partial charge is 0.292 e. The molecule has 2 saturated heterocycles. The van der Waals surface area contributed by atoms with Crippen LogP contribution in [-0.4, -0.2) is 45.5 Å². The molecule has 1 aromatic carbocycles. The highest BCUT2D eigenvalue weighted by Crippen LogP contribution is 2.33. The standard InChI is InChI=1S/C15H13N3O2S/c16-15-18(12-7-21-8-13(12)20-15)14(19)10-3-1-5-11-9(10)4-2-6-17-11/h1-6,12-13,16H,7-8H2/t12-,13-/m1/s1. The quantitative estimate of drug-likeness (QED) is 0.876. The van der Waals surface area contributed by atoms with Gasteiger partial charge >= 0.3 is 0 Å². The number of amides is 1. The van der Waals surface area contributed by atoms with Gasteiger partial charge in [-0.15, -0.1) is 0 Å². The first-order chi connectivity index (χ1) is 10.3. The van der Waals surface area contributed by atoms with E-state index in [0.717, 1.165) is 22.4 Å². The van der Waals surface area contributed by atoms with E-state index in [-0.39, 0.29) is 24.1 Å². The molecule has 4 rings (SSSR count). The van der Waals surface area contributed by atoms with Crippen LogP contribution in [0.25, 0.3) is 10.9 Å². The van der Waals surface area contributed by atoms with Crippen molar-refractivity contribution < 1.29 is 9.53 Å². The van der Waals surface area contributed by atoms with Gasteiger partial charge in [0.2, 0.25) is 0 Å². The van der Waals surface area contributed by atoms with Crippen LogP contribution in [0.3, 0.4) is 0 Å². The van der Waals surface area contributed by atoms with Crippen LogP contribution in [0.1, 0.15) is 10.4 Å². The van der Waals surface area contributed by atoms with Gasteiger partial charge < -0.3 is 4.74 Å². The summed E-state index contributed by atoms with van der Waals surface area (Å²) in [4.78, 5) is 18.7. The summed E-state index contributed by atoms with van der Waals surface area (Å²) in [5.41, 5.74) is 1.36. The highest BCUT2D eigenvalue weighted by atomic mass is 32.2. The molecule has 2 atom stereocenters. The maximum atomic E-state index is 12.9. The molecule has 2 aliphatic rings. The summed E-state index contributed by atoms with van der Waals surface area (Å²) in [6.07, 6.45) is 1.67. The van der Waals surface area contributed by atoms with E-state index in [0.29, 0.717) is 5.56 Å². The van der Waals surface area contributed by atoms with Crippen molar-refractivity contribution in [1.29, 1.82) is 5.41 Å². The fourth-order valence-electron chi connectivity index (χ4n) is 2.89. The third kappa shape index (κ3) is 1.90.